The van der Waals surface area contributed by atoms with Gasteiger partial charge in [0.05, 0.1) is 16.1 Å². The lowest BCUT2D eigenvalue weighted by molar-refractivity contribution is -0.112. The van der Waals surface area contributed by atoms with Crippen molar-refractivity contribution in [3.05, 3.63) is 61.5 Å². The minimum atomic E-state index is -0.447. The van der Waals surface area contributed by atoms with Crippen LogP contribution in [-0.2, 0) is 4.79 Å². The van der Waals surface area contributed by atoms with Gasteiger partial charge in [-0.2, -0.15) is 5.26 Å². The van der Waals surface area contributed by atoms with Crippen LogP contribution < -0.4 is 10.1 Å². The zero-order valence-electron chi connectivity index (χ0n) is 14.0. The lowest BCUT2D eigenvalue weighted by atomic mass is 10.1. The minimum absolute atomic E-state index is 0.0175. The van der Waals surface area contributed by atoms with Crippen molar-refractivity contribution in [1.29, 1.82) is 5.26 Å². The molecular formula is C19H16Br2N2O2. The van der Waals surface area contributed by atoms with Gasteiger partial charge in [0.15, 0.2) is 0 Å². The predicted molar refractivity (Wildman–Crippen MR) is 107 cm³/mol. The van der Waals surface area contributed by atoms with Crippen molar-refractivity contribution in [2.45, 2.75) is 13.8 Å². The highest BCUT2D eigenvalue weighted by molar-refractivity contribution is 9.11. The van der Waals surface area contributed by atoms with Crippen LogP contribution in [0.5, 0.6) is 5.75 Å². The molecule has 2 aromatic carbocycles. The van der Waals surface area contributed by atoms with Gasteiger partial charge in [-0.25, -0.2) is 0 Å². The van der Waals surface area contributed by atoms with E-state index in [1.807, 2.05) is 38.1 Å². The molecule has 0 fully saturated rings. The first-order valence-corrected chi connectivity index (χ1v) is 8.97. The first-order valence-electron chi connectivity index (χ1n) is 7.39. The third-order valence-corrected chi connectivity index (χ3v) is 4.71. The number of ether oxygens (including phenoxy) is 1. The van der Waals surface area contributed by atoms with Crippen LogP contribution in [0.25, 0.3) is 6.08 Å². The van der Waals surface area contributed by atoms with E-state index in [1.54, 1.807) is 19.2 Å². The number of hydrogen-bond acceptors (Lipinski definition) is 3. The second-order valence-electron chi connectivity index (χ2n) is 5.46. The molecule has 0 atom stereocenters. The Bertz CT molecular complexity index is 876. The van der Waals surface area contributed by atoms with Crippen molar-refractivity contribution >= 4 is 49.5 Å². The van der Waals surface area contributed by atoms with Crippen LogP contribution in [0.15, 0.2) is 44.9 Å². The van der Waals surface area contributed by atoms with E-state index in [9.17, 15) is 10.1 Å². The summed E-state index contributed by atoms with van der Waals surface area (Å²) in [6, 6.07) is 11.2. The Morgan fingerprint density at radius 3 is 2.36 bits per heavy atom. The number of carbonyl (C=O) groups excluding carboxylic acids is 1. The molecule has 0 spiro atoms. The van der Waals surface area contributed by atoms with E-state index in [-0.39, 0.29) is 5.57 Å². The molecule has 128 valence electrons. The molecule has 4 nitrogen and oxygen atoms in total. The van der Waals surface area contributed by atoms with Crippen molar-refractivity contribution < 1.29 is 9.53 Å². The number of nitrogens with zero attached hydrogens (tertiary/aromatic N) is 1. The van der Waals surface area contributed by atoms with Crippen LogP contribution in [0.1, 0.15) is 16.7 Å². The number of hydrogen-bond donors (Lipinski definition) is 1. The van der Waals surface area contributed by atoms with E-state index in [0.717, 1.165) is 20.1 Å². The number of rotatable bonds is 4. The van der Waals surface area contributed by atoms with E-state index in [4.69, 9.17) is 4.74 Å². The Kier molecular flexibility index (Phi) is 6.40. The molecule has 0 heterocycles. The molecule has 1 N–H and O–H groups in total. The van der Waals surface area contributed by atoms with Gasteiger partial charge in [-0.3, -0.25) is 4.79 Å². The second-order valence-corrected chi connectivity index (χ2v) is 7.17. The minimum Gasteiger partial charge on any atom is -0.494 e. The number of aryl methyl sites for hydroxylation is 2. The molecule has 2 aromatic rings. The zero-order chi connectivity index (χ0) is 18.6. The van der Waals surface area contributed by atoms with Crippen LogP contribution in [0.3, 0.4) is 0 Å². The van der Waals surface area contributed by atoms with Gasteiger partial charge in [0.25, 0.3) is 5.91 Å². The Labute approximate surface area is 163 Å². The molecule has 6 heteroatoms. The molecular weight excluding hydrogens is 448 g/mol. The smallest absolute Gasteiger partial charge is 0.266 e. The zero-order valence-corrected chi connectivity index (χ0v) is 17.2. The molecule has 0 aliphatic carbocycles. The van der Waals surface area contributed by atoms with Gasteiger partial charge in [0.2, 0.25) is 0 Å². The maximum Gasteiger partial charge on any atom is 0.266 e. The Morgan fingerprint density at radius 2 is 1.84 bits per heavy atom. The highest BCUT2D eigenvalue weighted by atomic mass is 79.9. The fourth-order valence-corrected chi connectivity index (χ4v) is 3.86. The van der Waals surface area contributed by atoms with Crippen molar-refractivity contribution in [1.82, 2.24) is 0 Å². The third-order valence-electron chi connectivity index (χ3n) is 3.53. The number of carbonyl (C=O) groups is 1. The molecule has 0 saturated heterocycles. The fourth-order valence-electron chi connectivity index (χ4n) is 2.32. The van der Waals surface area contributed by atoms with Crippen LogP contribution in [0, 0.1) is 25.2 Å². The summed E-state index contributed by atoms with van der Waals surface area (Å²) in [5.74, 6) is 0.202. The predicted octanol–water partition coefficient (Wildman–Crippen LogP) is 5.38. The quantitative estimate of drug-likeness (QED) is 0.488. The van der Waals surface area contributed by atoms with Crippen molar-refractivity contribution in [2.75, 3.05) is 12.4 Å². The topological polar surface area (TPSA) is 62.1 Å². The van der Waals surface area contributed by atoms with Crippen LogP contribution in [0.4, 0.5) is 5.69 Å². The summed E-state index contributed by atoms with van der Waals surface area (Å²) in [6.45, 7) is 3.90. The number of nitrogens with one attached hydrogen (secondary N) is 1. The number of methoxy groups -OCH3 is 1. The molecule has 0 aliphatic rings. The first kappa shape index (κ1) is 19.2. The summed E-state index contributed by atoms with van der Waals surface area (Å²) >= 11 is 6.82. The largest absolute Gasteiger partial charge is 0.494 e. The van der Waals surface area contributed by atoms with Crippen molar-refractivity contribution in [3.63, 3.8) is 0 Å². The average Bonchev–Trinajstić information content (AvgIpc) is 2.55. The van der Waals surface area contributed by atoms with Gasteiger partial charge < -0.3 is 10.1 Å². The summed E-state index contributed by atoms with van der Waals surface area (Å²) in [7, 11) is 1.57. The van der Waals surface area contributed by atoms with Gasteiger partial charge in [-0.15, -0.1) is 0 Å². The number of benzene rings is 2. The van der Waals surface area contributed by atoms with Crippen LogP contribution in [0.2, 0.25) is 0 Å². The van der Waals surface area contributed by atoms with E-state index in [1.165, 1.54) is 6.08 Å². The number of nitriles is 1. The normalized spacial score (nSPS) is 11.0. The maximum atomic E-state index is 12.4. The Hall–Kier alpha value is -2.10. The van der Waals surface area contributed by atoms with Gasteiger partial charge >= 0.3 is 0 Å². The summed E-state index contributed by atoms with van der Waals surface area (Å²) < 4.78 is 6.70. The van der Waals surface area contributed by atoms with E-state index in [0.29, 0.717) is 17.0 Å². The lowest BCUT2D eigenvalue weighted by Crippen LogP contribution is -2.14. The lowest BCUT2D eigenvalue weighted by Gasteiger charge is -2.09. The molecule has 0 saturated carbocycles. The first-order chi connectivity index (χ1) is 11.8. The summed E-state index contributed by atoms with van der Waals surface area (Å²) in [5.41, 5.74) is 3.46. The van der Waals surface area contributed by atoms with Crippen molar-refractivity contribution in [3.8, 4) is 11.8 Å². The molecule has 25 heavy (non-hydrogen) atoms. The summed E-state index contributed by atoms with van der Waals surface area (Å²) in [6.07, 6.45) is 1.54. The summed E-state index contributed by atoms with van der Waals surface area (Å²) in [5, 5.41) is 12.1. The molecule has 0 aromatic heterocycles. The Balaban J connectivity index is 2.31. The SMILES string of the molecule is COc1c(Br)cc(/C=C(\C#N)C(=O)Nc2ccc(C)cc2C)cc1Br. The molecule has 0 aliphatic heterocycles. The van der Waals surface area contributed by atoms with Gasteiger partial charge in [-0.1, -0.05) is 17.7 Å². The van der Waals surface area contributed by atoms with Gasteiger partial charge in [0, 0.05) is 5.69 Å². The second kappa shape index (κ2) is 8.32. The summed E-state index contributed by atoms with van der Waals surface area (Å²) in [4.78, 5) is 12.4. The molecule has 1 amide bonds. The van der Waals surface area contributed by atoms with Gasteiger partial charge in [-0.05, 0) is 81.1 Å². The van der Waals surface area contributed by atoms with E-state index >= 15 is 0 Å². The standard InChI is InChI=1S/C19H16Br2N2O2/c1-11-4-5-17(12(2)6-11)23-19(24)14(10-22)7-13-8-15(20)18(25-3)16(21)9-13/h4-9H,1-3H3,(H,23,24)/b14-7+. The highest BCUT2D eigenvalue weighted by Crippen LogP contribution is 2.35. The van der Waals surface area contributed by atoms with E-state index in [2.05, 4.69) is 37.2 Å². The van der Waals surface area contributed by atoms with Crippen LogP contribution in [-0.4, -0.2) is 13.0 Å². The van der Waals surface area contributed by atoms with Crippen LogP contribution >= 0.6 is 31.9 Å². The molecule has 0 radical (unpaired) electrons. The maximum absolute atomic E-state index is 12.4. The Morgan fingerprint density at radius 1 is 1.20 bits per heavy atom. The van der Waals surface area contributed by atoms with Gasteiger partial charge in [0.1, 0.15) is 17.4 Å². The molecule has 0 unspecified atom stereocenters. The van der Waals surface area contributed by atoms with E-state index < -0.39 is 5.91 Å². The monoisotopic (exact) mass is 462 g/mol. The number of halogens is 2. The van der Waals surface area contributed by atoms with Crippen molar-refractivity contribution in [2.24, 2.45) is 0 Å². The fraction of sp³-hybridized carbons (Fsp3) is 0.158. The number of amides is 1. The highest BCUT2D eigenvalue weighted by Gasteiger charge is 2.13. The molecule has 2 rings (SSSR count). The molecule has 0 bridgehead atoms. The third kappa shape index (κ3) is 4.71. The average molecular weight is 464 g/mol. The number of anilines is 1.